The molecule has 0 spiro atoms. The maximum atomic E-state index is 8.64. The lowest BCUT2D eigenvalue weighted by Crippen LogP contribution is -1.96. The highest BCUT2D eigenvalue weighted by atomic mass is 32.1. The van der Waals surface area contributed by atoms with E-state index in [1.165, 1.54) is 4.88 Å². The van der Waals surface area contributed by atoms with E-state index in [-0.39, 0.29) is 0 Å². The average molecular weight is 214 g/mol. The molecule has 0 atom stereocenters. The molecule has 15 heavy (non-hydrogen) atoms. The quantitative estimate of drug-likeness (QED) is 0.851. The van der Waals surface area contributed by atoms with Crippen LogP contribution >= 0.6 is 11.3 Å². The van der Waals surface area contributed by atoms with E-state index in [2.05, 4.69) is 22.8 Å². The molecule has 0 amide bonds. The molecule has 2 nitrogen and oxygen atoms in total. The predicted octanol–water partition coefficient (Wildman–Crippen LogP) is 3.23. The summed E-state index contributed by atoms with van der Waals surface area (Å²) < 4.78 is 0. The van der Waals surface area contributed by atoms with Gasteiger partial charge in [0.2, 0.25) is 0 Å². The Morgan fingerprint density at radius 3 is 2.60 bits per heavy atom. The highest BCUT2D eigenvalue weighted by Crippen LogP contribution is 2.13. The summed E-state index contributed by atoms with van der Waals surface area (Å²) in [6.07, 6.45) is 0. The number of nitrogens with zero attached hydrogens (tertiary/aromatic N) is 1. The zero-order valence-corrected chi connectivity index (χ0v) is 8.92. The van der Waals surface area contributed by atoms with Gasteiger partial charge < -0.3 is 5.32 Å². The molecule has 0 saturated carbocycles. The Kier molecular flexibility index (Phi) is 3.01. The lowest BCUT2D eigenvalue weighted by Gasteiger charge is -2.03. The van der Waals surface area contributed by atoms with Crippen molar-refractivity contribution in [3.05, 3.63) is 52.2 Å². The summed E-state index contributed by atoms with van der Waals surface area (Å²) in [6.45, 7) is 0.837. The van der Waals surface area contributed by atoms with Crippen LogP contribution < -0.4 is 5.32 Å². The Morgan fingerprint density at radius 2 is 2.00 bits per heavy atom. The lowest BCUT2D eigenvalue weighted by atomic mass is 10.2. The molecule has 0 aliphatic carbocycles. The van der Waals surface area contributed by atoms with Gasteiger partial charge in [-0.25, -0.2) is 0 Å². The minimum atomic E-state index is 0.691. The van der Waals surface area contributed by atoms with Gasteiger partial charge >= 0.3 is 0 Å². The number of anilines is 1. The van der Waals surface area contributed by atoms with Gasteiger partial charge in [0.15, 0.2) is 0 Å². The van der Waals surface area contributed by atoms with Gasteiger partial charge in [-0.3, -0.25) is 0 Å². The minimum absolute atomic E-state index is 0.691. The van der Waals surface area contributed by atoms with Crippen LogP contribution in [0.2, 0.25) is 0 Å². The van der Waals surface area contributed by atoms with Gasteiger partial charge in [0.1, 0.15) is 0 Å². The molecule has 1 aromatic carbocycles. The molecule has 2 aromatic rings. The molecule has 0 radical (unpaired) electrons. The summed E-state index contributed by atoms with van der Waals surface area (Å²) in [4.78, 5) is 1.30. The molecular weight excluding hydrogens is 204 g/mol. The van der Waals surface area contributed by atoms with Gasteiger partial charge in [-0.15, -0.1) is 11.3 Å². The summed E-state index contributed by atoms with van der Waals surface area (Å²) in [6, 6.07) is 13.7. The van der Waals surface area contributed by atoms with E-state index in [9.17, 15) is 0 Å². The number of hydrogen-bond acceptors (Lipinski definition) is 3. The predicted molar refractivity (Wildman–Crippen MR) is 62.8 cm³/mol. The maximum Gasteiger partial charge on any atom is 0.0991 e. The standard InChI is InChI=1S/C12H10N2S/c13-8-10-3-5-11(6-4-10)14-9-12-2-1-7-15-12/h1-7,14H,9H2. The fraction of sp³-hybridized carbons (Fsp3) is 0.0833. The summed E-state index contributed by atoms with van der Waals surface area (Å²) in [5.74, 6) is 0. The Bertz CT molecular complexity index is 451. The summed E-state index contributed by atoms with van der Waals surface area (Å²) in [5, 5.41) is 14.0. The first-order chi connectivity index (χ1) is 7.38. The van der Waals surface area contributed by atoms with E-state index in [1.54, 1.807) is 11.3 Å². The van der Waals surface area contributed by atoms with Crippen molar-refractivity contribution < 1.29 is 0 Å². The SMILES string of the molecule is N#Cc1ccc(NCc2cccs2)cc1. The highest BCUT2D eigenvalue weighted by Gasteiger charge is 1.95. The zero-order chi connectivity index (χ0) is 10.5. The van der Waals surface area contributed by atoms with Crippen molar-refractivity contribution in [2.45, 2.75) is 6.54 Å². The second-order valence-electron chi connectivity index (χ2n) is 3.12. The fourth-order valence-corrected chi connectivity index (χ4v) is 1.91. The third-order valence-electron chi connectivity index (χ3n) is 2.06. The van der Waals surface area contributed by atoms with Crippen LogP contribution in [0, 0.1) is 11.3 Å². The van der Waals surface area contributed by atoms with Crippen molar-refractivity contribution in [2.24, 2.45) is 0 Å². The first kappa shape index (κ1) is 9.75. The molecule has 1 aromatic heterocycles. The van der Waals surface area contributed by atoms with Crippen LogP contribution in [0.15, 0.2) is 41.8 Å². The maximum absolute atomic E-state index is 8.64. The first-order valence-electron chi connectivity index (χ1n) is 4.65. The Labute approximate surface area is 92.8 Å². The minimum Gasteiger partial charge on any atom is -0.380 e. The zero-order valence-electron chi connectivity index (χ0n) is 8.10. The van der Waals surface area contributed by atoms with Crippen LogP contribution in [-0.4, -0.2) is 0 Å². The average Bonchev–Trinajstić information content (AvgIpc) is 2.80. The number of nitrogens with one attached hydrogen (secondary N) is 1. The fourth-order valence-electron chi connectivity index (χ4n) is 1.26. The molecule has 0 saturated heterocycles. The molecule has 0 bridgehead atoms. The van der Waals surface area contributed by atoms with Gasteiger partial charge in [-0.1, -0.05) is 6.07 Å². The molecule has 2 rings (SSSR count). The normalized spacial score (nSPS) is 9.53. The van der Waals surface area contributed by atoms with Gasteiger partial charge in [0.25, 0.3) is 0 Å². The molecule has 1 heterocycles. The van der Waals surface area contributed by atoms with E-state index in [4.69, 9.17) is 5.26 Å². The second kappa shape index (κ2) is 4.63. The summed E-state index contributed by atoms with van der Waals surface area (Å²) in [7, 11) is 0. The number of benzene rings is 1. The van der Waals surface area contributed by atoms with Crippen molar-refractivity contribution in [1.82, 2.24) is 0 Å². The first-order valence-corrected chi connectivity index (χ1v) is 5.53. The number of thiophene rings is 1. The number of rotatable bonds is 3. The third-order valence-corrected chi connectivity index (χ3v) is 2.94. The molecule has 74 valence electrons. The van der Waals surface area contributed by atoms with Crippen LogP contribution in [0.25, 0.3) is 0 Å². The Balaban J connectivity index is 1.97. The van der Waals surface area contributed by atoms with Crippen molar-refractivity contribution in [3.63, 3.8) is 0 Å². The van der Waals surface area contributed by atoms with Gasteiger partial charge in [0.05, 0.1) is 11.6 Å². The Morgan fingerprint density at radius 1 is 1.20 bits per heavy atom. The van der Waals surface area contributed by atoms with Gasteiger partial charge in [0, 0.05) is 17.1 Å². The van der Waals surface area contributed by atoms with Crippen LogP contribution in [0.5, 0.6) is 0 Å². The number of nitriles is 1. The topological polar surface area (TPSA) is 35.8 Å². The van der Waals surface area contributed by atoms with Gasteiger partial charge in [-0.2, -0.15) is 5.26 Å². The molecule has 0 aliphatic rings. The Hall–Kier alpha value is -1.79. The van der Waals surface area contributed by atoms with E-state index in [0.29, 0.717) is 5.56 Å². The van der Waals surface area contributed by atoms with Crippen LogP contribution in [-0.2, 0) is 6.54 Å². The summed E-state index contributed by atoms with van der Waals surface area (Å²) >= 11 is 1.73. The largest absolute Gasteiger partial charge is 0.380 e. The third kappa shape index (κ3) is 2.58. The van der Waals surface area contributed by atoms with E-state index >= 15 is 0 Å². The highest BCUT2D eigenvalue weighted by molar-refractivity contribution is 7.09. The van der Waals surface area contributed by atoms with E-state index in [1.807, 2.05) is 30.3 Å². The van der Waals surface area contributed by atoms with Crippen molar-refractivity contribution in [1.29, 1.82) is 5.26 Å². The molecular formula is C12H10N2S. The molecule has 0 aliphatic heterocycles. The summed E-state index contributed by atoms with van der Waals surface area (Å²) in [5.41, 5.74) is 1.74. The van der Waals surface area contributed by atoms with Crippen molar-refractivity contribution in [3.8, 4) is 6.07 Å². The number of hydrogen-bond donors (Lipinski definition) is 1. The van der Waals surface area contributed by atoms with Crippen LogP contribution in [0.1, 0.15) is 10.4 Å². The van der Waals surface area contributed by atoms with Gasteiger partial charge in [-0.05, 0) is 35.7 Å². The lowest BCUT2D eigenvalue weighted by molar-refractivity contribution is 1.19. The smallest absolute Gasteiger partial charge is 0.0991 e. The second-order valence-corrected chi connectivity index (χ2v) is 4.15. The van der Waals surface area contributed by atoms with Crippen molar-refractivity contribution >= 4 is 17.0 Å². The van der Waals surface area contributed by atoms with Crippen LogP contribution in [0.3, 0.4) is 0 Å². The molecule has 1 N–H and O–H groups in total. The monoisotopic (exact) mass is 214 g/mol. The van der Waals surface area contributed by atoms with E-state index in [0.717, 1.165) is 12.2 Å². The van der Waals surface area contributed by atoms with Crippen molar-refractivity contribution in [2.75, 3.05) is 5.32 Å². The molecule has 3 heteroatoms. The molecule has 0 unspecified atom stereocenters. The van der Waals surface area contributed by atoms with Crippen LogP contribution in [0.4, 0.5) is 5.69 Å². The van der Waals surface area contributed by atoms with E-state index < -0.39 is 0 Å². The molecule has 0 fully saturated rings.